The quantitative estimate of drug-likeness (QED) is 0.425. The largest absolute Gasteiger partial charge is 0.281 e. The lowest BCUT2D eigenvalue weighted by Crippen LogP contribution is -2.11. The van der Waals surface area contributed by atoms with Gasteiger partial charge in [-0.25, -0.2) is 8.42 Å². The van der Waals surface area contributed by atoms with Crippen molar-refractivity contribution >= 4 is 39.1 Å². The summed E-state index contributed by atoms with van der Waals surface area (Å²) in [6.45, 7) is 0. The Kier molecular flexibility index (Phi) is 6.80. The minimum atomic E-state index is -2.48. The highest BCUT2D eigenvalue weighted by molar-refractivity contribution is 7.73. The van der Waals surface area contributed by atoms with Gasteiger partial charge in [-0.3, -0.25) is 4.79 Å². The molecule has 0 rings (SSSR count). The molecule has 0 fully saturated rings. The van der Waals surface area contributed by atoms with Crippen LogP contribution >= 0.6 is 23.2 Å². The molecule has 0 bridgehead atoms. The summed E-state index contributed by atoms with van der Waals surface area (Å²) in [5, 5.41) is -0.970. The standard InChI is InChI=1S/C6H10Cl2O3S/c7-4-5(12(10)11)2-1-3-6(8)9/h5,12H,1-4H2. The molecular formula is C6H10Cl2O3S. The first-order valence-corrected chi connectivity index (χ1v) is 5.61. The zero-order chi connectivity index (χ0) is 9.56. The summed E-state index contributed by atoms with van der Waals surface area (Å²) < 4.78 is 20.9. The Labute approximate surface area is 83.0 Å². The summed E-state index contributed by atoms with van der Waals surface area (Å²) in [7, 11) is -2.48. The van der Waals surface area contributed by atoms with Crippen LogP contribution in [0.4, 0.5) is 0 Å². The van der Waals surface area contributed by atoms with Crippen molar-refractivity contribution in [2.45, 2.75) is 24.5 Å². The van der Waals surface area contributed by atoms with Crippen LogP contribution in [0.5, 0.6) is 0 Å². The molecule has 0 radical (unpaired) electrons. The maximum Gasteiger partial charge on any atom is 0.221 e. The van der Waals surface area contributed by atoms with Crippen LogP contribution in [0, 0.1) is 0 Å². The summed E-state index contributed by atoms with van der Waals surface area (Å²) in [6.07, 6.45) is 1.09. The van der Waals surface area contributed by atoms with Gasteiger partial charge in [0, 0.05) is 12.3 Å². The van der Waals surface area contributed by atoms with E-state index < -0.39 is 21.2 Å². The molecule has 0 aromatic rings. The normalized spacial score (nSPS) is 13.2. The fraction of sp³-hybridized carbons (Fsp3) is 0.833. The van der Waals surface area contributed by atoms with Crippen molar-refractivity contribution in [3.8, 4) is 0 Å². The van der Waals surface area contributed by atoms with Crippen LogP contribution in [-0.4, -0.2) is 24.8 Å². The fourth-order valence-corrected chi connectivity index (χ4v) is 1.85. The van der Waals surface area contributed by atoms with E-state index in [0.717, 1.165) is 0 Å². The van der Waals surface area contributed by atoms with Gasteiger partial charge in [-0.2, -0.15) is 0 Å². The molecule has 6 heteroatoms. The number of carbonyl (C=O) groups is 1. The van der Waals surface area contributed by atoms with E-state index in [1.807, 2.05) is 0 Å². The number of halogens is 2. The molecule has 0 N–H and O–H groups in total. The van der Waals surface area contributed by atoms with E-state index in [0.29, 0.717) is 12.8 Å². The van der Waals surface area contributed by atoms with Gasteiger partial charge in [0.15, 0.2) is 0 Å². The highest BCUT2D eigenvalue weighted by Crippen LogP contribution is 2.07. The summed E-state index contributed by atoms with van der Waals surface area (Å²) in [5.41, 5.74) is 0. The number of thiol groups is 1. The lowest BCUT2D eigenvalue weighted by molar-refractivity contribution is -0.111. The molecule has 3 nitrogen and oxygen atoms in total. The maximum atomic E-state index is 10.4. The molecule has 0 spiro atoms. The third kappa shape index (κ3) is 5.80. The minimum absolute atomic E-state index is 0.0786. The first kappa shape index (κ1) is 12.2. The lowest BCUT2D eigenvalue weighted by atomic mass is 10.2. The van der Waals surface area contributed by atoms with Gasteiger partial charge in [0.2, 0.25) is 5.24 Å². The van der Waals surface area contributed by atoms with Crippen LogP contribution in [0.2, 0.25) is 0 Å². The summed E-state index contributed by atoms with van der Waals surface area (Å²) in [6, 6.07) is 0. The molecule has 0 aromatic carbocycles. The van der Waals surface area contributed by atoms with Crippen LogP contribution in [0.3, 0.4) is 0 Å². The molecule has 0 amide bonds. The van der Waals surface area contributed by atoms with Crippen molar-refractivity contribution in [1.82, 2.24) is 0 Å². The van der Waals surface area contributed by atoms with E-state index in [1.165, 1.54) is 0 Å². The number of hydrogen-bond donors (Lipinski definition) is 1. The second-order valence-corrected chi connectivity index (χ2v) is 4.37. The maximum absolute atomic E-state index is 10.4. The number of alkyl halides is 1. The zero-order valence-electron chi connectivity index (χ0n) is 6.33. The summed E-state index contributed by atoms with van der Waals surface area (Å²) in [5.74, 6) is 0.0786. The highest BCUT2D eigenvalue weighted by atomic mass is 35.5. The molecule has 12 heavy (non-hydrogen) atoms. The average molecular weight is 233 g/mol. The summed E-state index contributed by atoms with van der Waals surface area (Å²) >= 11 is 10.4. The van der Waals surface area contributed by atoms with E-state index in [2.05, 4.69) is 0 Å². The molecule has 1 unspecified atom stereocenters. The first-order chi connectivity index (χ1) is 5.57. The predicted octanol–water partition coefficient (Wildman–Crippen LogP) is 1.14. The molecule has 1 atom stereocenters. The minimum Gasteiger partial charge on any atom is -0.281 e. The van der Waals surface area contributed by atoms with Crippen LogP contribution in [-0.2, 0) is 15.5 Å². The average Bonchev–Trinajstić information content (AvgIpc) is 1.96. The number of carbonyl (C=O) groups excluding carboxylic acids is 1. The van der Waals surface area contributed by atoms with E-state index in [1.54, 1.807) is 0 Å². The van der Waals surface area contributed by atoms with Crippen molar-refractivity contribution in [3.63, 3.8) is 0 Å². The Hall–Kier alpha value is 0.200. The lowest BCUT2D eigenvalue weighted by Gasteiger charge is -2.03. The number of hydrogen-bond acceptors (Lipinski definition) is 3. The topological polar surface area (TPSA) is 51.2 Å². The van der Waals surface area contributed by atoms with Gasteiger partial charge in [0.1, 0.15) is 10.7 Å². The van der Waals surface area contributed by atoms with Gasteiger partial charge >= 0.3 is 0 Å². The second kappa shape index (κ2) is 6.69. The van der Waals surface area contributed by atoms with Crippen LogP contribution in [0.1, 0.15) is 19.3 Å². The van der Waals surface area contributed by atoms with Gasteiger partial charge in [0.05, 0.1) is 5.25 Å². The SMILES string of the molecule is O=C(Cl)CCCC(CCl)[SH](=O)=O. The zero-order valence-corrected chi connectivity index (χ0v) is 8.74. The van der Waals surface area contributed by atoms with E-state index >= 15 is 0 Å². The Morgan fingerprint density at radius 3 is 2.33 bits per heavy atom. The molecule has 72 valence electrons. The third-order valence-electron chi connectivity index (χ3n) is 1.39. The van der Waals surface area contributed by atoms with Crippen molar-refractivity contribution < 1.29 is 13.2 Å². The Balaban J connectivity index is 3.66. The Bertz CT molecular complexity index is 207. The first-order valence-electron chi connectivity index (χ1n) is 3.45. The van der Waals surface area contributed by atoms with E-state index in [9.17, 15) is 13.2 Å². The summed E-state index contributed by atoms with van der Waals surface area (Å²) in [4.78, 5) is 10.3. The van der Waals surface area contributed by atoms with Crippen molar-refractivity contribution in [2.24, 2.45) is 0 Å². The van der Waals surface area contributed by atoms with Gasteiger partial charge in [-0.05, 0) is 24.4 Å². The van der Waals surface area contributed by atoms with Crippen LogP contribution < -0.4 is 0 Å². The Morgan fingerprint density at radius 2 is 2.00 bits per heavy atom. The van der Waals surface area contributed by atoms with Gasteiger partial charge in [-0.1, -0.05) is 0 Å². The monoisotopic (exact) mass is 232 g/mol. The number of rotatable bonds is 6. The van der Waals surface area contributed by atoms with Gasteiger partial charge < -0.3 is 0 Å². The van der Waals surface area contributed by atoms with Crippen LogP contribution in [0.25, 0.3) is 0 Å². The molecule has 0 aliphatic carbocycles. The van der Waals surface area contributed by atoms with Crippen molar-refractivity contribution in [2.75, 3.05) is 5.88 Å². The highest BCUT2D eigenvalue weighted by Gasteiger charge is 2.10. The predicted molar refractivity (Wildman–Crippen MR) is 49.5 cm³/mol. The second-order valence-electron chi connectivity index (χ2n) is 2.34. The molecule has 0 saturated carbocycles. The van der Waals surface area contributed by atoms with Crippen molar-refractivity contribution in [1.29, 1.82) is 0 Å². The fourth-order valence-electron chi connectivity index (χ4n) is 0.716. The molecule has 0 aromatic heterocycles. The van der Waals surface area contributed by atoms with Crippen molar-refractivity contribution in [3.05, 3.63) is 0 Å². The molecule has 0 aliphatic rings. The van der Waals surface area contributed by atoms with E-state index in [-0.39, 0.29) is 12.3 Å². The molecule has 0 heterocycles. The van der Waals surface area contributed by atoms with E-state index in [4.69, 9.17) is 23.2 Å². The van der Waals surface area contributed by atoms with Gasteiger partial charge in [0.25, 0.3) is 0 Å². The Morgan fingerprint density at radius 1 is 1.42 bits per heavy atom. The van der Waals surface area contributed by atoms with Crippen LogP contribution in [0.15, 0.2) is 0 Å². The third-order valence-corrected chi connectivity index (χ3v) is 3.20. The molecular weight excluding hydrogens is 223 g/mol. The smallest absolute Gasteiger partial charge is 0.221 e. The molecule has 0 aliphatic heterocycles. The molecule has 0 saturated heterocycles. The van der Waals surface area contributed by atoms with Gasteiger partial charge in [-0.15, -0.1) is 11.6 Å².